The standard InChI is InChI=1S/C24H22N4O2S/c1-30-18-11-12-22-21(14-18)28-24(31-22)26-15-17-8-6-16(7-9-17)10-13-23(29)27-20-5-3-2-4-19(20)25/h2-14H,15,25H2,1H3,(H,26,28)(H,27,29). The van der Waals surface area contributed by atoms with Crippen LogP contribution >= 0.6 is 11.3 Å². The Kier molecular flexibility index (Phi) is 6.14. The molecule has 0 saturated heterocycles. The molecule has 0 unspecified atom stereocenters. The molecule has 4 rings (SSSR count). The molecule has 0 aliphatic rings. The van der Waals surface area contributed by atoms with Gasteiger partial charge >= 0.3 is 0 Å². The Balaban J connectivity index is 1.33. The topological polar surface area (TPSA) is 89.3 Å². The number of nitrogens with one attached hydrogen (secondary N) is 2. The number of rotatable bonds is 7. The second-order valence-electron chi connectivity index (χ2n) is 6.86. The van der Waals surface area contributed by atoms with Gasteiger partial charge in [0.05, 0.1) is 28.7 Å². The van der Waals surface area contributed by atoms with E-state index in [-0.39, 0.29) is 5.91 Å². The molecule has 0 fully saturated rings. The highest BCUT2D eigenvalue weighted by Gasteiger charge is 2.05. The zero-order valence-electron chi connectivity index (χ0n) is 17.0. The number of ether oxygens (including phenoxy) is 1. The predicted octanol–water partition coefficient (Wildman–Crippen LogP) is 5.15. The summed E-state index contributed by atoms with van der Waals surface area (Å²) in [7, 11) is 1.65. The number of benzene rings is 3. The van der Waals surface area contributed by atoms with Gasteiger partial charge in [-0.05, 0) is 41.5 Å². The van der Waals surface area contributed by atoms with Gasteiger partial charge in [0, 0.05) is 18.7 Å². The van der Waals surface area contributed by atoms with E-state index >= 15 is 0 Å². The molecule has 6 nitrogen and oxygen atoms in total. The lowest BCUT2D eigenvalue weighted by molar-refractivity contribution is -0.111. The molecule has 0 aliphatic heterocycles. The summed E-state index contributed by atoms with van der Waals surface area (Å²) in [5.41, 5.74) is 9.96. The first-order valence-electron chi connectivity index (χ1n) is 9.72. The van der Waals surface area contributed by atoms with Crippen LogP contribution in [-0.4, -0.2) is 18.0 Å². The van der Waals surface area contributed by atoms with Crippen molar-refractivity contribution < 1.29 is 9.53 Å². The molecule has 0 bridgehead atoms. The number of fused-ring (bicyclic) bond motifs is 1. The summed E-state index contributed by atoms with van der Waals surface area (Å²) in [6, 6.07) is 21.0. The third-order valence-electron chi connectivity index (χ3n) is 4.66. The molecule has 0 saturated carbocycles. The molecule has 0 atom stereocenters. The summed E-state index contributed by atoms with van der Waals surface area (Å²) in [5, 5.41) is 7.00. The van der Waals surface area contributed by atoms with E-state index in [9.17, 15) is 4.79 Å². The van der Waals surface area contributed by atoms with Crippen LogP contribution in [0, 0.1) is 0 Å². The summed E-state index contributed by atoms with van der Waals surface area (Å²) in [6.45, 7) is 0.661. The number of thiazole rings is 1. The van der Waals surface area contributed by atoms with Crippen LogP contribution in [0.2, 0.25) is 0 Å². The number of aromatic nitrogens is 1. The van der Waals surface area contributed by atoms with E-state index in [1.165, 1.54) is 6.08 Å². The van der Waals surface area contributed by atoms with Gasteiger partial charge in [0.25, 0.3) is 0 Å². The Morgan fingerprint density at radius 2 is 1.94 bits per heavy atom. The number of hydrogen-bond acceptors (Lipinski definition) is 6. The van der Waals surface area contributed by atoms with E-state index in [1.807, 2.05) is 54.6 Å². The van der Waals surface area contributed by atoms with Gasteiger partial charge in [-0.2, -0.15) is 0 Å². The minimum atomic E-state index is -0.226. The van der Waals surface area contributed by atoms with Gasteiger partial charge in [-0.1, -0.05) is 47.7 Å². The van der Waals surface area contributed by atoms with Crippen molar-refractivity contribution in [1.29, 1.82) is 0 Å². The van der Waals surface area contributed by atoms with Crippen molar-refractivity contribution in [3.63, 3.8) is 0 Å². The molecule has 7 heteroatoms. The van der Waals surface area contributed by atoms with Crippen molar-refractivity contribution in [2.45, 2.75) is 6.54 Å². The van der Waals surface area contributed by atoms with Crippen LogP contribution in [-0.2, 0) is 11.3 Å². The fourth-order valence-electron chi connectivity index (χ4n) is 2.99. The highest BCUT2D eigenvalue weighted by atomic mass is 32.1. The number of nitrogens with zero attached hydrogens (tertiary/aromatic N) is 1. The van der Waals surface area contributed by atoms with E-state index in [2.05, 4.69) is 15.6 Å². The molecule has 1 aromatic heterocycles. The molecule has 0 spiro atoms. The molecular weight excluding hydrogens is 408 g/mol. The Labute approximate surface area is 184 Å². The SMILES string of the molecule is COc1ccc2sc(NCc3ccc(C=CC(=O)Nc4ccccc4N)cc3)nc2c1. The van der Waals surface area contributed by atoms with Crippen LogP contribution in [0.25, 0.3) is 16.3 Å². The summed E-state index contributed by atoms with van der Waals surface area (Å²) >= 11 is 1.61. The quantitative estimate of drug-likeness (QED) is 0.279. The second-order valence-corrected chi connectivity index (χ2v) is 7.89. The molecule has 4 aromatic rings. The minimum absolute atomic E-state index is 0.226. The van der Waals surface area contributed by atoms with Crippen molar-refractivity contribution in [3.05, 3.63) is 83.9 Å². The zero-order chi connectivity index (χ0) is 21.6. The summed E-state index contributed by atoms with van der Waals surface area (Å²) < 4.78 is 6.36. The molecule has 1 heterocycles. The largest absolute Gasteiger partial charge is 0.497 e. The molecule has 4 N–H and O–H groups in total. The van der Waals surface area contributed by atoms with Crippen molar-refractivity contribution in [2.24, 2.45) is 0 Å². The van der Waals surface area contributed by atoms with Gasteiger partial charge in [0.2, 0.25) is 5.91 Å². The molecule has 1 amide bonds. The molecule has 0 aliphatic carbocycles. The van der Waals surface area contributed by atoms with E-state index in [0.717, 1.165) is 32.2 Å². The van der Waals surface area contributed by atoms with Crippen LogP contribution in [0.1, 0.15) is 11.1 Å². The number of nitrogens with two attached hydrogens (primary N) is 1. The zero-order valence-corrected chi connectivity index (χ0v) is 17.8. The Morgan fingerprint density at radius 1 is 1.13 bits per heavy atom. The maximum Gasteiger partial charge on any atom is 0.248 e. The number of methoxy groups -OCH3 is 1. The number of hydrogen-bond donors (Lipinski definition) is 3. The Hall–Kier alpha value is -3.84. The average molecular weight is 431 g/mol. The van der Waals surface area contributed by atoms with Crippen LogP contribution in [0.15, 0.2) is 72.8 Å². The van der Waals surface area contributed by atoms with Crippen LogP contribution in [0.4, 0.5) is 16.5 Å². The van der Waals surface area contributed by atoms with Crippen LogP contribution in [0.5, 0.6) is 5.75 Å². The first kappa shape index (κ1) is 20.4. The third-order valence-corrected chi connectivity index (χ3v) is 5.66. The van der Waals surface area contributed by atoms with Crippen molar-refractivity contribution >= 4 is 50.0 Å². The summed E-state index contributed by atoms with van der Waals surface area (Å²) in [6.07, 6.45) is 3.27. The monoisotopic (exact) mass is 430 g/mol. The van der Waals surface area contributed by atoms with Crippen molar-refractivity contribution in [3.8, 4) is 5.75 Å². The fraction of sp³-hybridized carbons (Fsp3) is 0.0833. The van der Waals surface area contributed by atoms with Crippen molar-refractivity contribution in [1.82, 2.24) is 4.98 Å². The van der Waals surface area contributed by atoms with Gasteiger partial charge < -0.3 is 21.1 Å². The summed E-state index contributed by atoms with van der Waals surface area (Å²) in [4.78, 5) is 16.7. The Morgan fingerprint density at radius 3 is 2.71 bits per heavy atom. The van der Waals surface area contributed by atoms with Gasteiger partial charge in [-0.15, -0.1) is 0 Å². The van der Waals surface area contributed by atoms with Gasteiger partial charge in [-0.3, -0.25) is 4.79 Å². The number of anilines is 3. The molecule has 0 radical (unpaired) electrons. The van der Waals surface area contributed by atoms with E-state index in [4.69, 9.17) is 10.5 Å². The van der Waals surface area contributed by atoms with Crippen LogP contribution in [0.3, 0.4) is 0 Å². The highest BCUT2D eigenvalue weighted by Crippen LogP contribution is 2.29. The maximum absolute atomic E-state index is 12.1. The number of nitrogen functional groups attached to an aromatic ring is 1. The minimum Gasteiger partial charge on any atom is -0.497 e. The molecular formula is C24H22N4O2S. The van der Waals surface area contributed by atoms with Gasteiger partial charge in [-0.25, -0.2) is 4.98 Å². The Bertz CT molecular complexity index is 1230. The lowest BCUT2D eigenvalue weighted by Gasteiger charge is -2.05. The average Bonchev–Trinajstić information content (AvgIpc) is 3.20. The number of para-hydroxylation sites is 2. The van der Waals surface area contributed by atoms with Gasteiger partial charge in [0.15, 0.2) is 5.13 Å². The van der Waals surface area contributed by atoms with E-state index < -0.39 is 0 Å². The maximum atomic E-state index is 12.1. The first-order valence-corrected chi connectivity index (χ1v) is 10.5. The number of amides is 1. The summed E-state index contributed by atoms with van der Waals surface area (Å²) in [5.74, 6) is 0.574. The smallest absolute Gasteiger partial charge is 0.248 e. The lowest BCUT2D eigenvalue weighted by atomic mass is 10.1. The number of carbonyl (C=O) groups excluding carboxylic acids is 1. The van der Waals surface area contributed by atoms with E-state index in [0.29, 0.717) is 17.9 Å². The first-order chi connectivity index (χ1) is 15.1. The second kappa shape index (κ2) is 9.32. The molecule has 3 aromatic carbocycles. The third kappa shape index (κ3) is 5.21. The predicted molar refractivity (Wildman–Crippen MR) is 128 cm³/mol. The van der Waals surface area contributed by atoms with Crippen LogP contribution < -0.4 is 21.1 Å². The van der Waals surface area contributed by atoms with E-state index in [1.54, 1.807) is 36.7 Å². The van der Waals surface area contributed by atoms with Gasteiger partial charge in [0.1, 0.15) is 5.75 Å². The molecule has 156 valence electrons. The van der Waals surface area contributed by atoms with Crippen molar-refractivity contribution in [2.75, 3.05) is 23.5 Å². The molecule has 31 heavy (non-hydrogen) atoms. The fourth-order valence-corrected chi connectivity index (χ4v) is 3.83. The normalized spacial score (nSPS) is 11.0. The lowest BCUT2D eigenvalue weighted by Crippen LogP contribution is -2.09. The highest BCUT2D eigenvalue weighted by molar-refractivity contribution is 7.22. The number of carbonyl (C=O) groups is 1.